The lowest BCUT2D eigenvalue weighted by Gasteiger charge is -1.93. The Labute approximate surface area is 86.6 Å². The summed E-state index contributed by atoms with van der Waals surface area (Å²) in [5.74, 6) is 0.557. The number of hydrogen-bond acceptors (Lipinski definition) is 3. The Morgan fingerprint density at radius 2 is 1.93 bits per heavy atom. The molecule has 4 nitrogen and oxygen atoms in total. The van der Waals surface area contributed by atoms with Crippen LogP contribution in [-0.2, 0) is 7.05 Å². The maximum absolute atomic E-state index is 6.09. The molecule has 0 radical (unpaired) electrons. The molecule has 0 spiro atoms. The van der Waals surface area contributed by atoms with Gasteiger partial charge in [-0.05, 0) is 13.0 Å². The van der Waals surface area contributed by atoms with E-state index in [1.807, 2.05) is 14.0 Å². The van der Waals surface area contributed by atoms with E-state index in [0.717, 1.165) is 5.69 Å². The van der Waals surface area contributed by atoms with Crippen LogP contribution in [0, 0.1) is 6.92 Å². The highest BCUT2D eigenvalue weighted by Crippen LogP contribution is 2.25. The van der Waals surface area contributed by atoms with Gasteiger partial charge in [0.2, 0.25) is 0 Å². The smallest absolute Gasteiger partial charge is 0.181 e. The van der Waals surface area contributed by atoms with Crippen molar-refractivity contribution >= 4 is 11.6 Å². The van der Waals surface area contributed by atoms with Crippen molar-refractivity contribution < 1.29 is 0 Å². The van der Waals surface area contributed by atoms with Crippen LogP contribution in [0.1, 0.15) is 5.69 Å². The fourth-order valence-electron chi connectivity index (χ4n) is 1.15. The number of aromatic nitrogens is 4. The average molecular weight is 209 g/mol. The first-order chi connectivity index (χ1) is 6.70. The van der Waals surface area contributed by atoms with Crippen molar-refractivity contribution in [3.05, 3.63) is 29.2 Å². The van der Waals surface area contributed by atoms with Gasteiger partial charge in [-0.3, -0.25) is 4.68 Å². The van der Waals surface area contributed by atoms with E-state index in [1.165, 1.54) is 0 Å². The molecule has 2 heterocycles. The lowest BCUT2D eigenvalue weighted by Crippen LogP contribution is -1.93. The summed E-state index contributed by atoms with van der Waals surface area (Å²) in [4.78, 5) is 8.19. The van der Waals surface area contributed by atoms with Crippen molar-refractivity contribution in [1.82, 2.24) is 19.7 Å². The molecule has 0 N–H and O–H groups in total. The molecule has 0 saturated carbocycles. The van der Waals surface area contributed by atoms with E-state index in [0.29, 0.717) is 16.5 Å². The van der Waals surface area contributed by atoms with E-state index in [9.17, 15) is 0 Å². The van der Waals surface area contributed by atoms with Gasteiger partial charge in [-0.25, -0.2) is 9.97 Å². The largest absolute Gasteiger partial charge is 0.271 e. The Bertz CT molecular complexity index is 449. The minimum absolute atomic E-state index is 0.557. The molecule has 0 bridgehead atoms. The van der Waals surface area contributed by atoms with E-state index in [-0.39, 0.29) is 0 Å². The van der Waals surface area contributed by atoms with Gasteiger partial charge in [-0.15, -0.1) is 0 Å². The third kappa shape index (κ3) is 1.37. The highest BCUT2D eigenvalue weighted by molar-refractivity contribution is 6.33. The van der Waals surface area contributed by atoms with Gasteiger partial charge in [0, 0.05) is 19.4 Å². The number of aryl methyl sites for hydroxylation is 1. The molecule has 0 saturated heterocycles. The SMILES string of the molecule is Cc1c(Cl)c(-c2ncccn2)nn1C. The van der Waals surface area contributed by atoms with Crippen molar-refractivity contribution in [1.29, 1.82) is 0 Å². The van der Waals surface area contributed by atoms with Crippen molar-refractivity contribution in [3.63, 3.8) is 0 Å². The third-order valence-corrected chi connectivity index (χ3v) is 2.49. The van der Waals surface area contributed by atoms with Crippen molar-refractivity contribution in [2.45, 2.75) is 6.92 Å². The maximum atomic E-state index is 6.09. The van der Waals surface area contributed by atoms with E-state index >= 15 is 0 Å². The minimum atomic E-state index is 0.557. The molecule has 2 rings (SSSR count). The second-order valence-electron chi connectivity index (χ2n) is 2.94. The summed E-state index contributed by atoms with van der Waals surface area (Å²) in [6, 6.07) is 1.76. The summed E-state index contributed by atoms with van der Waals surface area (Å²) < 4.78 is 1.72. The van der Waals surface area contributed by atoms with Crippen LogP contribution in [0.15, 0.2) is 18.5 Å². The quantitative estimate of drug-likeness (QED) is 0.718. The van der Waals surface area contributed by atoms with Crippen LogP contribution >= 0.6 is 11.6 Å². The first-order valence-corrected chi connectivity index (χ1v) is 4.54. The van der Waals surface area contributed by atoms with Gasteiger partial charge < -0.3 is 0 Å². The van der Waals surface area contributed by atoms with E-state index in [4.69, 9.17) is 11.6 Å². The standard InChI is InChI=1S/C9H9ClN4/c1-6-7(10)8(13-14(6)2)9-11-4-3-5-12-9/h3-5H,1-2H3. The van der Waals surface area contributed by atoms with E-state index in [1.54, 1.807) is 23.1 Å². The Hall–Kier alpha value is -1.42. The van der Waals surface area contributed by atoms with Gasteiger partial charge in [-0.1, -0.05) is 11.6 Å². The molecular weight excluding hydrogens is 200 g/mol. The molecule has 0 aliphatic carbocycles. The number of nitrogens with zero attached hydrogens (tertiary/aromatic N) is 4. The molecule has 0 fully saturated rings. The molecule has 0 unspecified atom stereocenters. The number of hydrogen-bond donors (Lipinski definition) is 0. The zero-order valence-corrected chi connectivity index (χ0v) is 8.65. The molecule has 14 heavy (non-hydrogen) atoms. The first kappa shape index (κ1) is 9.15. The molecule has 2 aromatic rings. The predicted octanol–water partition coefficient (Wildman–Crippen LogP) is 1.84. The molecule has 0 atom stereocenters. The summed E-state index contributed by atoms with van der Waals surface area (Å²) in [6.45, 7) is 1.90. The van der Waals surface area contributed by atoms with Gasteiger partial charge in [-0.2, -0.15) is 5.10 Å². The van der Waals surface area contributed by atoms with Crippen molar-refractivity contribution in [2.24, 2.45) is 7.05 Å². The van der Waals surface area contributed by atoms with Crippen LogP contribution in [0.2, 0.25) is 5.02 Å². The lowest BCUT2D eigenvalue weighted by atomic mass is 10.3. The van der Waals surface area contributed by atoms with Crippen LogP contribution in [-0.4, -0.2) is 19.7 Å². The second kappa shape index (κ2) is 3.38. The maximum Gasteiger partial charge on any atom is 0.181 e. The van der Waals surface area contributed by atoms with Gasteiger partial charge >= 0.3 is 0 Å². The predicted molar refractivity (Wildman–Crippen MR) is 54.0 cm³/mol. The van der Waals surface area contributed by atoms with Crippen LogP contribution in [0.4, 0.5) is 0 Å². The Morgan fingerprint density at radius 1 is 1.29 bits per heavy atom. The topological polar surface area (TPSA) is 43.6 Å². The first-order valence-electron chi connectivity index (χ1n) is 4.16. The van der Waals surface area contributed by atoms with Gasteiger partial charge in [0.15, 0.2) is 5.82 Å². The molecule has 2 aromatic heterocycles. The Morgan fingerprint density at radius 3 is 2.43 bits per heavy atom. The fourth-order valence-corrected chi connectivity index (χ4v) is 1.39. The van der Waals surface area contributed by atoms with Crippen LogP contribution < -0.4 is 0 Å². The zero-order chi connectivity index (χ0) is 10.1. The summed E-state index contributed by atoms with van der Waals surface area (Å²) in [5.41, 5.74) is 1.54. The highest BCUT2D eigenvalue weighted by Gasteiger charge is 2.13. The minimum Gasteiger partial charge on any atom is -0.271 e. The van der Waals surface area contributed by atoms with Gasteiger partial charge in [0.05, 0.1) is 10.7 Å². The highest BCUT2D eigenvalue weighted by atomic mass is 35.5. The summed E-state index contributed by atoms with van der Waals surface area (Å²) in [6.07, 6.45) is 3.34. The average Bonchev–Trinajstić information content (AvgIpc) is 2.47. The Kier molecular flexibility index (Phi) is 2.21. The molecule has 0 aliphatic rings. The normalized spacial score (nSPS) is 10.5. The van der Waals surface area contributed by atoms with E-state index in [2.05, 4.69) is 15.1 Å². The van der Waals surface area contributed by atoms with E-state index < -0.39 is 0 Å². The van der Waals surface area contributed by atoms with Crippen molar-refractivity contribution in [3.8, 4) is 11.5 Å². The zero-order valence-electron chi connectivity index (χ0n) is 7.90. The molecule has 72 valence electrons. The second-order valence-corrected chi connectivity index (χ2v) is 3.32. The Balaban J connectivity index is 2.58. The third-order valence-electron chi connectivity index (χ3n) is 2.04. The van der Waals surface area contributed by atoms with Crippen LogP contribution in [0.25, 0.3) is 11.5 Å². The lowest BCUT2D eigenvalue weighted by molar-refractivity contribution is 0.741. The summed E-state index contributed by atoms with van der Waals surface area (Å²) in [7, 11) is 1.84. The van der Waals surface area contributed by atoms with Gasteiger partial charge in [0.1, 0.15) is 5.69 Å². The molecule has 0 amide bonds. The van der Waals surface area contributed by atoms with Crippen LogP contribution in [0.5, 0.6) is 0 Å². The number of halogens is 1. The molecule has 0 aromatic carbocycles. The van der Waals surface area contributed by atoms with Gasteiger partial charge in [0.25, 0.3) is 0 Å². The summed E-state index contributed by atoms with van der Waals surface area (Å²) >= 11 is 6.09. The van der Waals surface area contributed by atoms with Crippen LogP contribution in [0.3, 0.4) is 0 Å². The fraction of sp³-hybridized carbons (Fsp3) is 0.222. The molecular formula is C9H9ClN4. The monoisotopic (exact) mass is 208 g/mol. The molecule has 5 heteroatoms. The number of rotatable bonds is 1. The summed E-state index contributed by atoms with van der Waals surface area (Å²) in [5, 5.41) is 4.85. The molecule has 0 aliphatic heterocycles. The van der Waals surface area contributed by atoms with Crippen molar-refractivity contribution in [2.75, 3.05) is 0 Å².